The van der Waals surface area contributed by atoms with Gasteiger partial charge in [0.15, 0.2) is 0 Å². The highest BCUT2D eigenvalue weighted by Gasteiger charge is 2.24. The predicted molar refractivity (Wildman–Crippen MR) is 84.3 cm³/mol. The third kappa shape index (κ3) is 5.70. The lowest BCUT2D eigenvalue weighted by molar-refractivity contribution is 0.0117. The molecule has 0 aromatic rings. The van der Waals surface area contributed by atoms with Gasteiger partial charge in [0.1, 0.15) is 0 Å². The van der Waals surface area contributed by atoms with E-state index in [1.807, 2.05) is 0 Å². The Morgan fingerprint density at radius 1 is 1.29 bits per heavy atom. The lowest BCUT2D eigenvalue weighted by atomic mass is 9.85. The summed E-state index contributed by atoms with van der Waals surface area (Å²) >= 11 is 0. The highest BCUT2D eigenvalue weighted by Crippen LogP contribution is 2.25. The van der Waals surface area contributed by atoms with Crippen LogP contribution in [0.1, 0.15) is 39.0 Å². The maximum atomic E-state index is 10.00. The van der Waals surface area contributed by atoms with Crippen LogP contribution in [0.15, 0.2) is 12.2 Å². The van der Waals surface area contributed by atoms with Crippen molar-refractivity contribution in [2.75, 3.05) is 26.9 Å². The van der Waals surface area contributed by atoms with Crippen molar-refractivity contribution < 1.29 is 14.6 Å². The fourth-order valence-corrected chi connectivity index (χ4v) is 3.30. The molecule has 0 spiro atoms. The summed E-state index contributed by atoms with van der Waals surface area (Å²) in [6, 6.07) is 0.480. The molecule has 0 amide bonds. The minimum absolute atomic E-state index is 0.386. The number of rotatable bonds is 8. The molecule has 0 bridgehead atoms. The first-order chi connectivity index (χ1) is 10.2. The van der Waals surface area contributed by atoms with Gasteiger partial charge in [0.2, 0.25) is 0 Å². The molecule has 0 heterocycles. The largest absolute Gasteiger partial charge is 0.389 e. The lowest BCUT2D eigenvalue weighted by Crippen LogP contribution is -2.37. The number of allylic oxidation sites excluding steroid dienone is 2. The molecule has 4 heteroatoms. The zero-order valence-corrected chi connectivity index (χ0v) is 13.5. The van der Waals surface area contributed by atoms with Crippen LogP contribution in [0.4, 0.5) is 0 Å². The summed E-state index contributed by atoms with van der Waals surface area (Å²) in [6.07, 6.45) is 10.0. The molecule has 5 atom stereocenters. The van der Waals surface area contributed by atoms with Gasteiger partial charge in [0, 0.05) is 19.7 Å². The van der Waals surface area contributed by atoms with E-state index in [2.05, 4.69) is 24.4 Å². The molecule has 1 saturated carbocycles. The molecule has 0 saturated heterocycles. The van der Waals surface area contributed by atoms with Crippen LogP contribution in [0.2, 0.25) is 0 Å². The monoisotopic (exact) mass is 297 g/mol. The van der Waals surface area contributed by atoms with Crippen molar-refractivity contribution in [1.82, 2.24) is 5.32 Å². The fraction of sp³-hybridized carbons (Fsp3) is 0.882. The Hall–Kier alpha value is -0.420. The standard InChI is InChI=1S/C17H31NO3/c1-13-5-3-4-6-14(13)11-21-12-16(19)10-18-15-7-8-17(9-15)20-2/h3-4,13-19H,5-12H2,1-2H3. The van der Waals surface area contributed by atoms with E-state index in [1.165, 1.54) is 0 Å². The zero-order chi connectivity index (χ0) is 15.1. The molecule has 0 aromatic heterocycles. The van der Waals surface area contributed by atoms with Gasteiger partial charge < -0.3 is 19.9 Å². The van der Waals surface area contributed by atoms with Gasteiger partial charge in [-0.05, 0) is 43.9 Å². The molecule has 5 unspecified atom stereocenters. The van der Waals surface area contributed by atoms with Crippen LogP contribution in [0.3, 0.4) is 0 Å². The molecule has 2 aliphatic carbocycles. The average molecular weight is 297 g/mol. The van der Waals surface area contributed by atoms with Gasteiger partial charge in [-0.2, -0.15) is 0 Å². The van der Waals surface area contributed by atoms with Crippen LogP contribution in [0.25, 0.3) is 0 Å². The van der Waals surface area contributed by atoms with E-state index in [0.717, 1.165) is 38.7 Å². The first-order valence-electron chi connectivity index (χ1n) is 8.36. The van der Waals surface area contributed by atoms with Gasteiger partial charge in [-0.15, -0.1) is 0 Å². The molecule has 0 aliphatic heterocycles. The number of nitrogens with one attached hydrogen (secondary N) is 1. The zero-order valence-electron chi connectivity index (χ0n) is 13.5. The molecule has 4 nitrogen and oxygen atoms in total. The average Bonchev–Trinajstić information content (AvgIpc) is 2.95. The van der Waals surface area contributed by atoms with Gasteiger partial charge in [-0.3, -0.25) is 0 Å². The summed E-state index contributed by atoms with van der Waals surface area (Å²) in [6.45, 7) is 4.08. The first kappa shape index (κ1) is 16.9. The smallest absolute Gasteiger partial charge is 0.0897 e. The second-order valence-corrected chi connectivity index (χ2v) is 6.65. The van der Waals surface area contributed by atoms with E-state index in [-0.39, 0.29) is 0 Å². The summed E-state index contributed by atoms with van der Waals surface area (Å²) in [7, 11) is 1.77. The molecule has 122 valence electrons. The van der Waals surface area contributed by atoms with Crippen LogP contribution in [0, 0.1) is 11.8 Å². The Balaban J connectivity index is 1.53. The van der Waals surface area contributed by atoms with Gasteiger partial charge in [0.25, 0.3) is 0 Å². The number of aliphatic hydroxyl groups excluding tert-OH is 1. The molecular weight excluding hydrogens is 266 g/mol. The SMILES string of the molecule is COC1CCC(NCC(O)COCC2CC=CCC2C)C1. The second kappa shape index (κ2) is 8.89. The molecule has 0 aromatic carbocycles. The van der Waals surface area contributed by atoms with Crippen molar-refractivity contribution in [2.24, 2.45) is 11.8 Å². The molecule has 2 rings (SSSR count). The Bertz CT molecular complexity index is 321. The molecule has 1 fully saturated rings. The lowest BCUT2D eigenvalue weighted by Gasteiger charge is -2.25. The normalized spacial score (nSPS) is 34.2. The Labute approximate surface area is 128 Å². The highest BCUT2D eigenvalue weighted by molar-refractivity contribution is 4.93. The van der Waals surface area contributed by atoms with E-state index in [4.69, 9.17) is 9.47 Å². The van der Waals surface area contributed by atoms with Gasteiger partial charge in [0.05, 0.1) is 25.4 Å². The topological polar surface area (TPSA) is 50.7 Å². The Kier molecular flexibility index (Phi) is 7.17. The van der Waals surface area contributed by atoms with Crippen molar-refractivity contribution in [3.05, 3.63) is 12.2 Å². The van der Waals surface area contributed by atoms with Crippen LogP contribution in [-0.2, 0) is 9.47 Å². The maximum Gasteiger partial charge on any atom is 0.0897 e. The second-order valence-electron chi connectivity index (χ2n) is 6.65. The number of aliphatic hydroxyl groups is 1. The Morgan fingerprint density at radius 2 is 2.10 bits per heavy atom. The van der Waals surface area contributed by atoms with E-state index in [1.54, 1.807) is 7.11 Å². The van der Waals surface area contributed by atoms with Gasteiger partial charge >= 0.3 is 0 Å². The summed E-state index contributed by atoms with van der Waals surface area (Å²) in [5, 5.41) is 13.4. The molecular formula is C17H31NO3. The minimum Gasteiger partial charge on any atom is -0.389 e. The van der Waals surface area contributed by atoms with Crippen LogP contribution >= 0.6 is 0 Å². The number of hydrogen-bond donors (Lipinski definition) is 2. The Morgan fingerprint density at radius 3 is 2.81 bits per heavy atom. The minimum atomic E-state index is -0.416. The van der Waals surface area contributed by atoms with Gasteiger partial charge in [-0.1, -0.05) is 19.1 Å². The molecule has 2 aliphatic rings. The van der Waals surface area contributed by atoms with E-state index in [9.17, 15) is 5.11 Å². The summed E-state index contributed by atoms with van der Waals surface area (Å²) in [5.41, 5.74) is 0. The highest BCUT2D eigenvalue weighted by atomic mass is 16.5. The van der Waals surface area contributed by atoms with Crippen LogP contribution in [-0.4, -0.2) is 50.2 Å². The van der Waals surface area contributed by atoms with Crippen molar-refractivity contribution in [3.8, 4) is 0 Å². The summed E-state index contributed by atoms with van der Waals surface area (Å²) in [4.78, 5) is 0. The summed E-state index contributed by atoms with van der Waals surface area (Å²) < 4.78 is 11.1. The van der Waals surface area contributed by atoms with Crippen molar-refractivity contribution in [3.63, 3.8) is 0 Å². The van der Waals surface area contributed by atoms with E-state index >= 15 is 0 Å². The number of ether oxygens (including phenoxy) is 2. The third-order valence-corrected chi connectivity index (χ3v) is 4.92. The fourth-order valence-electron chi connectivity index (χ4n) is 3.30. The van der Waals surface area contributed by atoms with Crippen molar-refractivity contribution in [1.29, 1.82) is 0 Å². The van der Waals surface area contributed by atoms with E-state index in [0.29, 0.717) is 37.1 Å². The van der Waals surface area contributed by atoms with Crippen molar-refractivity contribution in [2.45, 2.75) is 57.3 Å². The molecule has 0 radical (unpaired) electrons. The third-order valence-electron chi connectivity index (χ3n) is 4.92. The summed E-state index contributed by atoms with van der Waals surface area (Å²) in [5.74, 6) is 1.29. The predicted octanol–water partition coefficient (Wildman–Crippen LogP) is 2.12. The maximum absolute atomic E-state index is 10.00. The first-order valence-corrected chi connectivity index (χ1v) is 8.36. The molecule has 2 N–H and O–H groups in total. The quantitative estimate of drug-likeness (QED) is 0.674. The van der Waals surface area contributed by atoms with Gasteiger partial charge in [-0.25, -0.2) is 0 Å². The van der Waals surface area contributed by atoms with E-state index < -0.39 is 6.10 Å². The van der Waals surface area contributed by atoms with Crippen molar-refractivity contribution >= 4 is 0 Å². The number of hydrogen-bond acceptors (Lipinski definition) is 4. The van der Waals surface area contributed by atoms with Crippen LogP contribution in [0.5, 0.6) is 0 Å². The van der Waals surface area contributed by atoms with Crippen LogP contribution < -0.4 is 5.32 Å². The number of methoxy groups -OCH3 is 1. The molecule has 21 heavy (non-hydrogen) atoms.